The summed E-state index contributed by atoms with van der Waals surface area (Å²) in [7, 11) is 0. The van der Waals surface area contributed by atoms with Crippen LogP contribution in [0.3, 0.4) is 0 Å². The molecule has 0 aromatic heterocycles. The normalized spacial score (nSPS) is 21.5. The summed E-state index contributed by atoms with van der Waals surface area (Å²) in [6.45, 7) is 0. The standard InChI is InChI=1S/C25H23NO4/c27-21-16-17-26(22(28)15-14-18-8-3-1-4-9-18)23(19-10-5-2-6-11-19)24(21)30-25(29)20-12-7-13-20/h1-6,8-11,14-17,20,23-24H,7,12-13H2/b15-14+/t23-,24+/m1/s1. The van der Waals surface area contributed by atoms with Crippen LogP contribution < -0.4 is 0 Å². The fourth-order valence-electron chi connectivity index (χ4n) is 3.64. The zero-order valence-corrected chi connectivity index (χ0v) is 16.5. The molecule has 2 aromatic rings. The number of hydrogen-bond acceptors (Lipinski definition) is 4. The summed E-state index contributed by atoms with van der Waals surface area (Å²) < 4.78 is 5.66. The van der Waals surface area contributed by atoms with Crippen molar-refractivity contribution in [2.75, 3.05) is 0 Å². The molecule has 1 heterocycles. The summed E-state index contributed by atoms with van der Waals surface area (Å²) in [6.07, 6.45) is 7.50. The summed E-state index contributed by atoms with van der Waals surface area (Å²) in [4.78, 5) is 39.7. The van der Waals surface area contributed by atoms with Crippen LogP contribution in [0.5, 0.6) is 0 Å². The number of rotatable bonds is 5. The van der Waals surface area contributed by atoms with Crippen LogP contribution in [0.15, 0.2) is 79.0 Å². The molecule has 0 spiro atoms. The van der Waals surface area contributed by atoms with Crippen molar-refractivity contribution >= 4 is 23.7 Å². The lowest BCUT2D eigenvalue weighted by molar-refractivity contribution is -0.166. The minimum absolute atomic E-state index is 0.151. The summed E-state index contributed by atoms with van der Waals surface area (Å²) in [5, 5.41) is 0. The van der Waals surface area contributed by atoms with Gasteiger partial charge in [-0.1, -0.05) is 67.1 Å². The fourth-order valence-corrected chi connectivity index (χ4v) is 3.64. The Morgan fingerprint density at radius 1 is 0.967 bits per heavy atom. The molecule has 2 atom stereocenters. The lowest BCUT2D eigenvalue weighted by atomic mass is 9.85. The third kappa shape index (κ3) is 4.25. The fraction of sp³-hybridized carbons (Fsp3) is 0.240. The van der Waals surface area contributed by atoms with Crippen molar-refractivity contribution in [2.45, 2.75) is 31.4 Å². The highest BCUT2D eigenvalue weighted by Crippen LogP contribution is 2.34. The highest BCUT2D eigenvalue weighted by atomic mass is 16.5. The third-order valence-electron chi connectivity index (χ3n) is 5.56. The Morgan fingerprint density at radius 2 is 1.63 bits per heavy atom. The molecular formula is C25H23NO4. The van der Waals surface area contributed by atoms with E-state index in [1.807, 2.05) is 60.7 Å². The molecule has 0 saturated heterocycles. The summed E-state index contributed by atoms with van der Waals surface area (Å²) in [5.74, 6) is -1.11. The van der Waals surface area contributed by atoms with Gasteiger partial charge in [0.05, 0.1) is 5.92 Å². The second-order valence-corrected chi connectivity index (χ2v) is 7.55. The summed E-state index contributed by atoms with van der Waals surface area (Å²) in [5.41, 5.74) is 1.63. The van der Waals surface area contributed by atoms with Gasteiger partial charge in [-0.25, -0.2) is 0 Å². The molecule has 0 radical (unpaired) electrons. The zero-order chi connectivity index (χ0) is 20.9. The van der Waals surface area contributed by atoms with Crippen LogP contribution in [0.4, 0.5) is 0 Å². The molecular weight excluding hydrogens is 378 g/mol. The first-order chi connectivity index (χ1) is 14.6. The van der Waals surface area contributed by atoms with Crippen molar-refractivity contribution in [3.05, 3.63) is 90.1 Å². The van der Waals surface area contributed by atoms with Crippen molar-refractivity contribution in [2.24, 2.45) is 5.92 Å². The Balaban J connectivity index is 1.63. The van der Waals surface area contributed by atoms with Crippen LogP contribution in [0.1, 0.15) is 36.4 Å². The van der Waals surface area contributed by atoms with Gasteiger partial charge in [-0.3, -0.25) is 14.4 Å². The predicted molar refractivity (Wildman–Crippen MR) is 113 cm³/mol. The molecule has 1 fully saturated rings. The van der Waals surface area contributed by atoms with Crippen LogP contribution in [-0.4, -0.2) is 28.7 Å². The van der Waals surface area contributed by atoms with Crippen LogP contribution in [0.25, 0.3) is 6.08 Å². The number of amides is 1. The molecule has 0 unspecified atom stereocenters. The molecule has 0 bridgehead atoms. The quantitative estimate of drug-likeness (QED) is 0.559. The molecule has 152 valence electrons. The molecule has 0 N–H and O–H groups in total. The van der Waals surface area contributed by atoms with E-state index in [1.165, 1.54) is 23.3 Å². The average Bonchev–Trinajstić information content (AvgIpc) is 2.73. The Labute approximate surface area is 175 Å². The van der Waals surface area contributed by atoms with E-state index in [0.717, 1.165) is 30.4 Å². The smallest absolute Gasteiger partial charge is 0.309 e. The Kier molecular flexibility index (Phi) is 5.89. The van der Waals surface area contributed by atoms with Crippen molar-refractivity contribution in [3.8, 4) is 0 Å². The third-order valence-corrected chi connectivity index (χ3v) is 5.56. The van der Waals surface area contributed by atoms with Gasteiger partial charge in [0.2, 0.25) is 0 Å². The van der Waals surface area contributed by atoms with E-state index in [2.05, 4.69) is 0 Å². The van der Waals surface area contributed by atoms with E-state index >= 15 is 0 Å². The maximum atomic E-state index is 13.0. The van der Waals surface area contributed by atoms with E-state index in [9.17, 15) is 14.4 Å². The number of carbonyl (C=O) groups excluding carboxylic acids is 3. The van der Waals surface area contributed by atoms with Gasteiger partial charge in [0.15, 0.2) is 11.9 Å². The predicted octanol–water partition coefficient (Wildman–Crippen LogP) is 4.08. The molecule has 2 aromatic carbocycles. The van der Waals surface area contributed by atoms with Crippen LogP contribution in [-0.2, 0) is 19.1 Å². The monoisotopic (exact) mass is 401 g/mol. The Hall–Kier alpha value is -3.47. The number of esters is 1. The van der Waals surface area contributed by atoms with E-state index in [4.69, 9.17) is 4.74 Å². The maximum Gasteiger partial charge on any atom is 0.309 e. The SMILES string of the molecule is O=C(O[C@H]1C(=O)C=CN(C(=O)/C=C/c2ccccc2)[C@@H]1c1ccccc1)C1CCC1. The van der Waals surface area contributed by atoms with Crippen molar-refractivity contribution in [1.29, 1.82) is 0 Å². The average molecular weight is 401 g/mol. The second-order valence-electron chi connectivity index (χ2n) is 7.55. The van der Waals surface area contributed by atoms with E-state index in [0.29, 0.717) is 0 Å². The van der Waals surface area contributed by atoms with Gasteiger partial charge in [-0.2, -0.15) is 0 Å². The zero-order valence-electron chi connectivity index (χ0n) is 16.5. The second kappa shape index (κ2) is 8.91. The highest BCUT2D eigenvalue weighted by molar-refractivity contribution is 6.00. The number of hydrogen-bond donors (Lipinski definition) is 0. The molecule has 1 aliphatic carbocycles. The minimum Gasteiger partial charge on any atom is -0.451 e. The first-order valence-corrected chi connectivity index (χ1v) is 10.2. The molecule has 30 heavy (non-hydrogen) atoms. The number of ketones is 1. The molecule has 1 aliphatic heterocycles. The molecule has 1 amide bonds. The van der Waals surface area contributed by atoms with Crippen LogP contribution in [0.2, 0.25) is 0 Å². The van der Waals surface area contributed by atoms with Gasteiger partial charge in [-0.05, 0) is 30.0 Å². The van der Waals surface area contributed by atoms with Crippen molar-refractivity contribution in [3.63, 3.8) is 0 Å². The first kappa shape index (κ1) is 19.8. The van der Waals surface area contributed by atoms with E-state index in [-0.39, 0.29) is 23.6 Å². The lowest BCUT2D eigenvalue weighted by Gasteiger charge is -2.37. The molecule has 5 heteroatoms. The number of nitrogens with zero attached hydrogens (tertiary/aromatic N) is 1. The number of ether oxygens (including phenoxy) is 1. The summed E-state index contributed by atoms with van der Waals surface area (Å²) >= 11 is 0. The number of benzene rings is 2. The van der Waals surface area contributed by atoms with E-state index < -0.39 is 12.1 Å². The molecule has 4 rings (SSSR count). The molecule has 5 nitrogen and oxygen atoms in total. The van der Waals surface area contributed by atoms with Crippen molar-refractivity contribution in [1.82, 2.24) is 4.90 Å². The minimum atomic E-state index is -1.06. The maximum absolute atomic E-state index is 13.0. The van der Waals surface area contributed by atoms with Gasteiger partial charge in [0.1, 0.15) is 6.04 Å². The van der Waals surface area contributed by atoms with Gasteiger partial charge >= 0.3 is 5.97 Å². The number of carbonyl (C=O) groups is 3. The largest absolute Gasteiger partial charge is 0.451 e. The van der Waals surface area contributed by atoms with Gasteiger partial charge < -0.3 is 9.64 Å². The van der Waals surface area contributed by atoms with Gasteiger partial charge in [0, 0.05) is 18.4 Å². The van der Waals surface area contributed by atoms with Crippen LogP contribution >= 0.6 is 0 Å². The lowest BCUT2D eigenvalue weighted by Crippen LogP contribution is -2.46. The van der Waals surface area contributed by atoms with Crippen molar-refractivity contribution < 1.29 is 19.1 Å². The first-order valence-electron chi connectivity index (χ1n) is 10.2. The molecule has 2 aliphatic rings. The van der Waals surface area contributed by atoms with Crippen LogP contribution in [0, 0.1) is 5.92 Å². The highest BCUT2D eigenvalue weighted by Gasteiger charge is 2.41. The summed E-state index contributed by atoms with van der Waals surface area (Å²) in [6, 6.07) is 18.0. The topological polar surface area (TPSA) is 63.7 Å². The van der Waals surface area contributed by atoms with Gasteiger partial charge in [0.25, 0.3) is 5.91 Å². The van der Waals surface area contributed by atoms with Gasteiger partial charge in [-0.15, -0.1) is 0 Å². The van der Waals surface area contributed by atoms with E-state index in [1.54, 1.807) is 6.08 Å². The molecule has 1 saturated carbocycles. The Morgan fingerprint density at radius 3 is 2.27 bits per heavy atom. The Bertz CT molecular complexity index is 977.